The molecule has 0 aromatic carbocycles. The van der Waals surface area contributed by atoms with E-state index in [9.17, 15) is 4.79 Å². The van der Waals surface area contributed by atoms with Crippen LogP contribution >= 0.6 is 0 Å². The average Bonchev–Trinajstić information content (AvgIpc) is 2.66. The summed E-state index contributed by atoms with van der Waals surface area (Å²) in [6.45, 7) is 4.25. The number of nitrogens with zero attached hydrogens (tertiary/aromatic N) is 2. The summed E-state index contributed by atoms with van der Waals surface area (Å²) in [6.07, 6.45) is 0.0904. The van der Waals surface area contributed by atoms with Crippen molar-refractivity contribution in [3.63, 3.8) is 0 Å². The highest BCUT2D eigenvalue weighted by molar-refractivity contribution is 5.67. The van der Waals surface area contributed by atoms with Crippen LogP contribution in [0.1, 0.15) is 17.9 Å². The van der Waals surface area contributed by atoms with Gasteiger partial charge in [0.1, 0.15) is 0 Å². The number of carboxylic acids is 1. The molecule has 0 radical (unpaired) electrons. The minimum atomic E-state index is -0.806. The van der Waals surface area contributed by atoms with Gasteiger partial charge in [0.2, 0.25) is 0 Å². The van der Waals surface area contributed by atoms with Crippen molar-refractivity contribution in [2.45, 2.75) is 25.9 Å². The lowest BCUT2D eigenvalue weighted by Crippen LogP contribution is -2.45. The normalized spacial score (nSPS) is 21.6. The highest BCUT2D eigenvalue weighted by Crippen LogP contribution is 2.15. The topological polar surface area (TPSA) is 75.8 Å². The predicted octanol–water partition coefficient (Wildman–Crippen LogP) is 0.659. The highest BCUT2D eigenvalue weighted by atomic mass is 16.5. The number of aromatic nitrogens is 1. The van der Waals surface area contributed by atoms with Gasteiger partial charge >= 0.3 is 5.97 Å². The summed E-state index contributed by atoms with van der Waals surface area (Å²) in [7, 11) is 0. The lowest BCUT2D eigenvalue weighted by atomic mass is 10.1. The van der Waals surface area contributed by atoms with Crippen LogP contribution in [0.15, 0.2) is 10.6 Å². The molecule has 2 rings (SSSR count). The van der Waals surface area contributed by atoms with Gasteiger partial charge in [-0.15, -0.1) is 0 Å². The molecule has 0 aliphatic carbocycles. The number of carbonyl (C=O) groups is 1. The summed E-state index contributed by atoms with van der Waals surface area (Å²) >= 11 is 0. The SMILES string of the molecule is Cc1cc(CN2CCOCC2CC(=O)O)on1. The van der Waals surface area contributed by atoms with E-state index in [0.29, 0.717) is 19.8 Å². The third-order valence-electron chi connectivity index (χ3n) is 2.80. The monoisotopic (exact) mass is 240 g/mol. The van der Waals surface area contributed by atoms with Gasteiger partial charge in [0.25, 0.3) is 0 Å². The van der Waals surface area contributed by atoms with Crippen molar-refractivity contribution in [2.24, 2.45) is 0 Å². The van der Waals surface area contributed by atoms with Crippen molar-refractivity contribution in [1.82, 2.24) is 10.1 Å². The fourth-order valence-electron chi connectivity index (χ4n) is 1.98. The van der Waals surface area contributed by atoms with E-state index in [-0.39, 0.29) is 12.5 Å². The smallest absolute Gasteiger partial charge is 0.305 e. The molecule has 1 unspecified atom stereocenters. The van der Waals surface area contributed by atoms with Gasteiger partial charge in [-0.1, -0.05) is 5.16 Å². The number of hydrogen-bond acceptors (Lipinski definition) is 5. The summed E-state index contributed by atoms with van der Waals surface area (Å²) < 4.78 is 10.4. The number of hydrogen-bond donors (Lipinski definition) is 1. The van der Waals surface area contributed by atoms with Gasteiger partial charge in [-0.3, -0.25) is 9.69 Å². The summed E-state index contributed by atoms with van der Waals surface area (Å²) in [5, 5.41) is 12.7. The molecule has 1 fully saturated rings. The van der Waals surface area contributed by atoms with Gasteiger partial charge in [-0.05, 0) is 6.92 Å². The van der Waals surface area contributed by atoms with Crippen molar-refractivity contribution >= 4 is 5.97 Å². The molecule has 1 aliphatic heterocycles. The van der Waals surface area contributed by atoms with Crippen molar-refractivity contribution in [2.75, 3.05) is 19.8 Å². The summed E-state index contributed by atoms with van der Waals surface area (Å²) in [5.41, 5.74) is 0.836. The molecule has 0 amide bonds. The zero-order valence-electron chi connectivity index (χ0n) is 9.76. The molecule has 1 aromatic heterocycles. The predicted molar refractivity (Wildman–Crippen MR) is 58.5 cm³/mol. The molecule has 94 valence electrons. The van der Waals surface area contributed by atoms with Crippen LogP contribution in [0.3, 0.4) is 0 Å². The van der Waals surface area contributed by atoms with Crippen LogP contribution in [0.5, 0.6) is 0 Å². The Morgan fingerprint density at radius 1 is 1.71 bits per heavy atom. The molecule has 6 nitrogen and oxygen atoms in total. The van der Waals surface area contributed by atoms with Gasteiger partial charge in [-0.25, -0.2) is 0 Å². The Labute approximate surface area is 99.1 Å². The van der Waals surface area contributed by atoms with E-state index in [0.717, 1.165) is 18.0 Å². The molecule has 1 saturated heterocycles. The quantitative estimate of drug-likeness (QED) is 0.833. The van der Waals surface area contributed by atoms with Gasteiger partial charge in [-0.2, -0.15) is 0 Å². The molecular formula is C11H16N2O4. The Morgan fingerprint density at radius 2 is 2.53 bits per heavy atom. The largest absolute Gasteiger partial charge is 0.481 e. The van der Waals surface area contributed by atoms with Crippen molar-refractivity contribution in [1.29, 1.82) is 0 Å². The molecule has 6 heteroatoms. The third kappa shape index (κ3) is 3.28. The standard InChI is InChI=1S/C11H16N2O4/c1-8-4-10(17-12-8)6-13-2-3-16-7-9(13)5-11(14)15/h4,9H,2-3,5-7H2,1H3,(H,14,15). The third-order valence-corrected chi connectivity index (χ3v) is 2.80. The van der Waals surface area contributed by atoms with Gasteiger partial charge < -0.3 is 14.4 Å². The van der Waals surface area contributed by atoms with Crippen LogP contribution in [0.2, 0.25) is 0 Å². The van der Waals surface area contributed by atoms with E-state index in [1.165, 1.54) is 0 Å². The van der Waals surface area contributed by atoms with Crippen molar-refractivity contribution < 1.29 is 19.2 Å². The molecule has 1 aliphatic rings. The van der Waals surface area contributed by atoms with E-state index < -0.39 is 5.97 Å². The second-order valence-electron chi connectivity index (χ2n) is 4.23. The second kappa shape index (κ2) is 5.29. The van der Waals surface area contributed by atoms with E-state index in [1.54, 1.807) is 0 Å². The molecule has 0 bridgehead atoms. The van der Waals surface area contributed by atoms with Crippen LogP contribution in [0.25, 0.3) is 0 Å². The highest BCUT2D eigenvalue weighted by Gasteiger charge is 2.26. The first-order valence-corrected chi connectivity index (χ1v) is 5.61. The zero-order valence-corrected chi connectivity index (χ0v) is 9.76. The molecule has 0 spiro atoms. The Balaban J connectivity index is 1.98. The second-order valence-corrected chi connectivity index (χ2v) is 4.23. The maximum atomic E-state index is 10.8. The summed E-state index contributed by atoms with van der Waals surface area (Å²) in [4.78, 5) is 12.8. The number of rotatable bonds is 4. The van der Waals surface area contributed by atoms with Gasteiger partial charge in [0.15, 0.2) is 5.76 Å². The average molecular weight is 240 g/mol. The van der Waals surface area contributed by atoms with Crippen molar-refractivity contribution in [3.8, 4) is 0 Å². The van der Waals surface area contributed by atoms with Crippen LogP contribution in [-0.4, -0.2) is 46.9 Å². The van der Waals surface area contributed by atoms with E-state index in [2.05, 4.69) is 10.1 Å². The number of aliphatic carboxylic acids is 1. The molecule has 0 saturated carbocycles. The maximum Gasteiger partial charge on any atom is 0.305 e. The minimum Gasteiger partial charge on any atom is -0.481 e. The molecule has 1 atom stereocenters. The Kier molecular flexibility index (Phi) is 3.75. The van der Waals surface area contributed by atoms with Crippen LogP contribution in [-0.2, 0) is 16.1 Å². The fourth-order valence-corrected chi connectivity index (χ4v) is 1.98. The maximum absolute atomic E-state index is 10.8. The van der Waals surface area contributed by atoms with E-state index in [1.807, 2.05) is 13.0 Å². The molecule has 1 N–H and O–H groups in total. The number of aryl methyl sites for hydroxylation is 1. The Morgan fingerprint density at radius 3 is 3.18 bits per heavy atom. The van der Waals surface area contributed by atoms with Crippen LogP contribution in [0.4, 0.5) is 0 Å². The molecule has 2 heterocycles. The van der Waals surface area contributed by atoms with E-state index in [4.69, 9.17) is 14.4 Å². The van der Waals surface area contributed by atoms with Gasteiger partial charge in [0.05, 0.1) is 31.9 Å². The number of carboxylic acid groups (broad SMARTS) is 1. The molecule has 17 heavy (non-hydrogen) atoms. The Bertz CT molecular complexity index is 391. The minimum absolute atomic E-state index is 0.0904. The zero-order chi connectivity index (χ0) is 12.3. The first-order chi connectivity index (χ1) is 8.15. The first-order valence-electron chi connectivity index (χ1n) is 5.61. The summed E-state index contributed by atoms with van der Waals surface area (Å²) in [5.74, 6) is -0.0426. The molecule has 1 aromatic rings. The van der Waals surface area contributed by atoms with Crippen molar-refractivity contribution in [3.05, 3.63) is 17.5 Å². The summed E-state index contributed by atoms with van der Waals surface area (Å²) in [6, 6.07) is 1.78. The number of ether oxygens (including phenoxy) is 1. The first kappa shape index (κ1) is 12.1. The Hall–Kier alpha value is -1.40. The fraction of sp³-hybridized carbons (Fsp3) is 0.636. The van der Waals surface area contributed by atoms with Gasteiger partial charge in [0, 0.05) is 18.7 Å². The van der Waals surface area contributed by atoms with Crippen LogP contribution in [0, 0.1) is 6.92 Å². The molecular weight excluding hydrogens is 224 g/mol. The lowest BCUT2D eigenvalue weighted by molar-refractivity contribution is -0.140. The lowest BCUT2D eigenvalue weighted by Gasteiger charge is -2.33. The number of morpholine rings is 1. The van der Waals surface area contributed by atoms with E-state index >= 15 is 0 Å². The van der Waals surface area contributed by atoms with Crippen LogP contribution < -0.4 is 0 Å².